The van der Waals surface area contributed by atoms with Crippen LogP contribution in [0.1, 0.15) is 47.0 Å². The molecule has 0 aromatic rings. The minimum atomic E-state index is -4.48. The highest BCUT2D eigenvalue weighted by Crippen LogP contribution is 2.07. The van der Waals surface area contributed by atoms with E-state index in [1.165, 1.54) is 30.7 Å². The molecule has 0 aliphatic rings. The normalized spacial score (nSPS) is 13.5. The first kappa shape index (κ1) is 23.0. The standard InChI is InChI=1S/C8H20N.C6H12F2O3S/c1-5-9(6-2,7-3)8-4;7-4-2-1-3-6(8)5-12(9,10)11/h5-8H2,1-4H3;6H,1-5H2,(H,9,10,11)/q+1;/p-1. The summed E-state index contributed by atoms with van der Waals surface area (Å²) in [6.07, 6.45) is -1.24. The van der Waals surface area contributed by atoms with E-state index in [0.717, 1.165) is 0 Å². The van der Waals surface area contributed by atoms with Crippen molar-refractivity contribution < 1.29 is 26.2 Å². The molecule has 0 spiro atoms. The van der Waals surface area contributed by atoms with Gasteiger partial charge in [0.1, 0.15) is 6.17 Å². The highest BCUT2D eigenvalue weighted by atomic mass is 32.2. The van der Waals surface area contributed by atoms with Crippen LogP contribution >= 0.6 is 0 Å². The Balaban J connectivity index is 0. The molecule has 0 aromatic heterocycles. The molecule has 21 heavy (non-hydrogen) atoms. The van der Waals surface area contributed by atoms with Crippen LogP contribution in [0.25, 0.3) is 0 Å². The van der Waals surface area contributed by atoms with Crippen molar-refractivity contribution in [2.24, 2.45) is 0 Å². The van der Waals surface area contributed by atoms with Crippen molar-refractivity contribution in [1.82, 2.24) is 0 Å². The van der Waals surface area contributed by atoms with Crippen molar-refractivity contribution in [2.75, 3.05) is 38.6 Å². The van der Waals surface area contributed by atoms with Crippen molar-refractivity contribution in [3.05, 3.63) is 0 Å². The quantitative estimate of drug-likeness (QED) is 0.351. The minimum Gasteiger partial charge on any atom is -0.748 e. The zero-order chi connectivity index (χ0) is 16.9. The molecule has 7 heteroatoms. The van der Waals surface area contributed by atoms with Crippen LogP contribution in [0, 0.1) is 0 Å². The molecule has 0 rings (SSSR count). The van der Waals surface area contributed by atoms with Gasteiger partial charge < -0.3 is 9.04 Å². The number of nitrogens with zero attached hydrogens (tertiary/aromatic N) is 1. The van der Waals surface area contributed by atoms with Crippen molar-refractivity contribution in [1.29, 1.82) is 0 Å². The van der Waals surface area contributed by atoms with E-state index in [2.05, 4.69) is 27.7 Å². The number of halogens is 2. The summed E-state index contributed by atoms with van der Waals surface area (Å²) in [5, 5.41) is 0. The Labute approximate surface area is 128 Å². The molecule has 0 aliphatic carbocycles. The van der Waals surface area contributed by atoms with Crippen LogP contribution in [0.4, 0.5) is 8.78 Å². The van der Waals surface area contributed by atoms with E-state index in [-0.39, 0.29) is 19.3 Å². The summed E-state index contributed by atoms with van der Waals surface area (Å²) in [6, 6.07) is 0. The van der Waals surface area contributed by atoms with E-state index < -0.39 is 28.7 Å². The zero-order valence-corrected chi connectivity index (χ0v) is 14.6. The Bertz CT molecular complexity index is 316. The summed E-state index contributed by atoms with van der Waals surface area (Å²) >= 11 is 0. The second-order valence-corrected chi connectivity index (χ2v) is 6.56. The van der Waals surface area contributed by atoms with Crippen molar-refractivity contribution >= 4 is 10.1 Å². The second-order valence-electron chi connectivity index (χ2n) is 5.11. The van der Waals surface area contributed by atoms with Gasteiger partial charge in [-0.05, 0) is 47.0 Å². The fraction of sp³-hybridized carbons (Fsp3) is 1.00. The molecule has 0 amide bonds. The van der Waals surface area contributed by atoms with Crippen LogP contribution in [0.3, 0.4) is 0 Å². The smallest absolute Gasteiger partial charge is 0.113 e. The molecule has 0 bridgehead atoms. The lowest BCUT2D eigenvalue weighted by atomic mass is 10.2. The molecule has 0 radical (unpaired) electrons. The predicted octanol–water partition coefficient (Wildman–Crippen LogP) is 2.89. The predicted molar refractivity (Wildman–Crippen MR) is 81.7 cm³/mol. The maximum atomic E-state index is 12.5. The molecule has 0 heterocycles. The van der Waals surface area contributed by atoms with Gasteiger partial charge in [-0.25, -0.2) is 12.8 Å². The third-order valence-electron chi connectivity index (χ3n) is 3.97. The lowest BCUT2D eigenvalue weighted by Crippen LogP contribution is -2.47. The topological polar surface area (TPSA) is 57.2 Å². The molecule has 0 fully saturated rings. The summed E-state index contributed by atoms with van der Waals surface area (Å²) in [6.45, 7) is 13.7. The van der Waals surface area contributed by atoms with Crippen LogP contribution in [0.2, 0.25) is 0 Å². The summed E-state index contributed by atoms with van der Waals surface area (Å²) < 4.78 is 55.3. The Morgan fingerprint density at radius 2 is 1.43 bits per heavy atom. The van der Waals surface area contributed by atoms with E-state index >= 15 is 0 Å². The Kier molecular flexibility index (Phi) is 13.5. The number of hydrogen-bond acceptors (Lipinski definition) is 3. The van der Waals surface area contributed by atoms with Gasteiger partial charge >= 0.3 is 0 Å². The molecule has 0 saturated carbocycles. The van der Waals surface area contributed by atoms with Crippen LogP contribution in [0.15, 0.2) is 0 Å². The van der Waals surface area contributed by atoms with Gasteiger partial charge in [0.05, 0.1) is 48.7 Å². The van der Waals surface area contributed by atoms with Crippen LogP contribution in [-0.2, 0) is 10.1 Å². The maximum Gasteiger partial charge on any atom is 0.113 e. The first-order valence-electron chi connectivity index (χ1n) is 7.68. The van der Waals surface area contributed by atoms with E-state index in [1.807, 2.05) is 0 Å². The molecule has 0 N–H and O–H groups in total. The van der Waals surface area contributed by atoms with Gasteiger partial charge in [0.2, 0.25) is 0 Å². The van der Waals surface area contributed by atoms with Gasteiger partial charge in [-0.2, -0.15) is 0 Å². The van der Waals surface area contributed by atoms with Gasteiger partial charge in [0.25, 0.3) is 0 Å². The highest BCUT2D eigenvalue weighted by molar-refractivity contribution is 7.85. The van der Waals surface area contributed by atoms with Crippen LogP contribution in [0.5, 0.6) is 0 Å². The molecule has 0 aromatic carbocycles. The second kappa shape index (κ2) is 12.3. The molecule has 0 saturated heterocycles. The number of rotatable bonds is 10. The molecule has 1 unspecified atom stereocenters. The average Bonchev–Trinajstić information content (AvgIpc) is 2.41. The van der Waals surface area contributed by atoms with Gasteiger partial charge in [0.15, 0.2) is 0 Å². The number of alkyl halides is 2. The largest absolute Gasteiger partial charge is 0.748 e. The average molecular weight is 331 g/mol. The first-order chi connectivity index (χ1) is 9.70. The van der Waals surface area contributed by atoms with E-state index in [9.17, 15) is 21.8 Å². The summed E-state index contributed by atoms with van der Waals surface area (Å²) in [5.41, 5.74) is 0. The number of unbranched alkanes of at least 4 members (excludes halogenated alkanes) is 1. The molecule has 0 aliphatic heterocycles. The lowest BCUT2D eigenvalue weighted by Gasteiger charge is -2.34. The molecule has 1 atom stereocenters. The number of quaternary nitrogens is 1. The highest BCUT2D eigenvalue weighted by Gasteiger charge is 2.16. The SMILES string of the molecule is CC[N+](CC)(CC)CC.O=S(=O)([O-])CC(F)CCCCF. The molecule has 130 valence electrons. The Morgan fingerprint density at radius 1 is 1.00 bits per heavy atom. The fourth-order valence-electron chi connectivity index (χ4n) is 2.11. The van der Waals surface area contributed by atoms with Crippen molar-refractivity contribution in [3.8, 4) is 0 Å². The minimum absolute atomic E-state index is 0.0641. The number of hydrogen-bond donors (Lipinski definition) is 0. The lowest BCUT2D eigenvalue weighted by molar-refractivity contribution is -0.921. The summed E-state index contributed by atoms with van der Waals surface area (Å²) in [7, 11) is -4.48. The molecular formula is C14H31F2NO3S. The molecule has 4 nitrogen and oxygen atoms in total. The first-order valence-corrected chi connectivity index (χ1v) is 9.26. The van der Waals surface area contributed by atoms with Gasteiger partial charge in [-0.15, -0.1) is 0 Å². The zero-order valence-electron chi connectivity index (χ0n) is 13.8. The third-order valence-corrected chi connectivity index (χ3v) is 4.74. The van der Waals surface area contributed by atoms with Gasteiger partial charge in [-0.3, -0.25) is 4.39 Å². The van der Waals surface area contributed by atoms with Crippen LogP contribution in [-0.4, -0.2) is 62.2 Å². The maximum absolute atomic E-state index is 12.5. The van der Waals surface area contributed by atoms with Gasteiger partial charge in [0, 0.05) is 0 Å². The monoisotopic (exact) mass is 331 g/mol. The Morgan fingerprint density at radius 3 is 1.67 bits per heavy atom. The van der Waals surface area contributed by atoms with Crippen LogP contribution < -0.4 is 0 Å². The van der Waals surface area contributed by atoms with E-state index in [1.54, 1.807) is 0 Å². The van der Waals surface area contributed by atoms with E-state index in [0.29, 0.717) is 0 Å². The summed E-state index contributed by atoms with van der Waals surface area (Å²) in [5.74, 6) is -1.00. The summed E-state index contributed by atoms with van der Waals surface area (Å²) in [4.78, 5) is 0. The fourth-order valence-corrected chi connectivity index (χ4v) is 2.72. The third kappa shape index (κ3) is 13.1. The van der Waals surface area contributed by atoms with Crippen molar-refractivity contribution in [3.63, 3.8) is 0 Å². The van der Waals surface area contributed by atoms with Gasteiger partial charge in [-0.1, -0.05) is 0 Å². The molecular weight excluding hydrogens is 300 g/mol. The van der Waals surface area contributed by atoms with Crippen molar-refractivity contribution in [2.45, 2.75) is 53.1 Å². The Hall–Kier alpha value is -0.270. The van der Waals surface area contributed by atoms with E-state index in [4.69, 9.17) is 0 Å².